The summed E-state index contributed by atoms with van der Waals surface area (Å²) in [4.78, 5) is 30.8. The van der Waals surface area contributed by atoms with Crippen LogP contribution in [0.5, 0.6) is 5.75 Å². The second kappa shape index (κ2) is 9.12. The number of thioether (sulfide) groups is 1. The van der Waals surface area contributed by atoms with Crippen LogP contribution in [0.4, 0.5) is 11.4 Å². The number of halogens is 1. The van der Waals surface area contributed by atoms with Gasteiger partial charge in [0.2, 0.25) is 11.8 Å². The van der Waals surface area contributed by atoms with E-state index in [9.17, 15) is 9.59 Å². The number of hydrogen-bond donors (Lipinski definition) is 1. The van der Waals surface area contributed by atoms with Crippen molar-refractivity contribution in [2.24, 2.45) is 4.99 Å². The Morgan fingerprint density at radius 2 is 1.89 bits per heavy atom. The predicted molar refractivity (Wildman–Crippen MR) is 114 cm³/mol. The first kappa shape index (κ1) is 20.2. The fraction of sp³-hybridized carbons (Fsp3) is 0.250. The van der Waals surface area contributed by atoms with Gasteiger partial charge in [0.1, 0.15) is 11.0 Å². The lowest BCUT2D eigenvalue weighted by atomic mass is 10.2. The molecule has 1 atom stereocenters. The maximum Gasteiger partial charge on any atom is 0.242 e. The number of carbonyl (C=O) groups is 2. The van der Waals surface area contributed by atoms with Gasteiger partial charge in [0, 0.05) is 24.2 Å². The molecule has 1 fully saturated rings. The van der Waals surface area contributed by atoms with Crippen LogP contribution in [0.1, 0.15) is 13.3 Å². The molecule has 1 saturated heterocycles. The Hall–Kier alpha value is -2.51. The first-order valence-corrected chi connectivity index (χ1v) is 10.0. The molecule has 2 aromatic carbocycles. The van der Waals surface area contributed by atoms with Crippen LogP contribution in [0, 0.1) is 0 Å². The first-order chi connectivity index (χ1) is 13.5. The van der Waals surface area contributed by atoms with Crippen LogP contribution in [-0.2, 0) is 9.59 Å². The highest BCUT2D eigenvalue weighted by Crippen LogP contribution is 2.31. The minimum atomic E-state index is -0.501. The zero-order chi connectivity index (χ0) is 20.1. The van der Waals surface area contributed by atoms with Gasteiger partial charge < -0.3 is 10.1 Å². The molecule has 3 rings (SSSR count). The van der Waals surface area contributed by atoms with Crippen LogP contribution in [0.3, 0.4) is 0 Å². The third-order valence-corrected chi connectivity index (χ3v) is 5.49. The van der Waals surface area contributed by atoms with Gasteiger partial charge in [0.25, 0.3) is 0 Å². The normalized spacial score (nSPS) is 17.8. The Balaban J connectivity index is 1.61. The summed E-state index contributed by atoms with van der Waals surface area (Å²) in [6.07, 6.45) is 0.0701. The molecule has 1 aliphatic rings. The number of nitrogens with one attached hydrogen (secondary N) is 1. The summed E-state index contributed by atoms with van der Waals surface area (Å²) >= 11 is 7.17. The number of hydrogen-bond acceptors (Lipinski definition) is 5. The van der Waals surface area contributed by atoms with Crippen molar-refractivity contribution in [3.05, 3.63) is 53.6 Å². The van der Waals surface area contributed by atoms with E-state index >= 15 is 0 Å². The second-order valence-electron chi connectivity index (χ2n) is 6.08. The molecule has 0 saturated carbocycles. The van der Waals surface area contributed by atoms with E-state index in [1.54, 1.807) is 55.6 Å². The van der Waals surface area contributed by atoms with Crippen molar-refractivity contribution < 1.29 is 14.3 Å². The van der Waals surface area contributed by atoms with Crippen LogP contribution in [-0.4, -0.2) is 40.8 Å². The lowest BCUT2D eigenvalue weighted by Crippen LogP contribution is -2.30. The number of amidine groups is 1. The molecule has 28 heavy (non-hydrogen) atoms. The van der Waals surface area contributed by atoms with E-state index < -0.39 is 5.25 Å². The Morgan fingerprint density at radius 3 is 2.54 bits per heavy atom. The number of rotatable bonds is 6. The number of carbonyl (C=O) groups excluding carboxylic acids is 2. The number of anilines is 1. The van der Waals surface area contributed by atoms with E-state index in [2.05, 4.69) is 10.3 Å². The summed E-state index contributed by atoms with van der Waals surface area (Å²) in [6.45, 7) is 2.49. The fourth-order valence-corrected chi connectivity index (χ4v) is 3.89. The Bertz CT molecular complexity index is 885. The SMILES string of the molecule is CCOc1ccc(NC(=O)C[C@H]2SC(=Nc3ccc(Cl)cc3)N(C)C2=O)cc1. The van der Waals surface area contributed by atoms with Gasteiger partial charge in [-0.2, -0.15) is 0 Å². The molecule has 1 N–H and O–H groups in total. The molecule has 0 spiro atoms. The average molecular weight is 418 g/mol. The van der Waals surface area contributed by atoms with E-state index in [0.717, 1.165) is 5.75 Å². The van der Waals surface area contributed by atoms with Gasteiger partial charge in [0.05, 0.1) is 12.3 Å². The fourth-order valence-electron chi connectivity index (χ4n) is 2.60. The van der Waals surface area contributed by atoms with Crippen molar-refractivity contribution in [3.63, 3.8) is 0 Å². The van der Waals surface area contributed by atoms with Gasteiger partial charge in [-0.3, -0.25) is 14.5 Å². The molecular formula is C20H20ClN3O3S. The highest BCUT2D eigenvalue weighted by Gasteiger charge is 2.36. The summed E-state index contributed by atoms with van der Waals surface area (Å²) in [6, 6.07) is 14.2. The highest BCUT2D eigenvalue weighted by atomic mass is 35.5. The predicted octanol–water partition coefficient (Wildman–Crippen LogP) is 4.33. The molecule has 1 aliphatic heterocycles. The smallest absolute Gasteiger partial charge is 0.242 e. The van der Waals surface area contributed by atoms with Gasteiger partial charge in [-0.1, -0.05) is 23.4 Å². The summed E-state index contributed by atoms with van der Waals surface area (Å²) in [5, 5.41) is 3.49. The van der Waals surface area contributed by atoms with Gasteiger partial charge in [0.15, 0.2) is 5.17 Å². The molecule has 146 valence electrons. The molecule has 1 heterocycles. The molecule has 8 heteroatoms. The highest BCUT2D eigenvalue weighted by molar-refractivity contribution is 8.15. The number of aliphatic imine (C=N–C) groups is 1. The lowest BCUT2D eigenvalue weighted by Gasteiger charge is -2.10. The van der Waals surface area contributed by atoms with Crippen molar-refractivity contribution in [2.45, 2.75) is 18.6 Å². The molecule has 0 aliphatic carbocycles. The number of benzene rings is 2. The zero-order valence-electron chi connectivity index (χ0n) is 15.5. The first-order valence-electron chi connectivity index (χ1n) is 8.77. The molecule has 6 nitrogen and oxygen atoms in total. The Kier molecular flexibility index (Phi) is 6.59. The maximum absolute atomic E-state index is 12.5. The lowest BCUT2D eigenvalue weighted by molar-refractivity contribution is -0.127. The molecule has 0 unspecified atom stereocenters. The van der Waals surface area contributed by atoms with Crippen LogP contribution in [0.25, 0.3) is 0 Å². The quantitative estimate of drug-likeness (QED) is 0.759. The van der Waals surface area contributed by atoms with Crippen LogP contribution in [0.2, 0.25) is 5.02 Å². The van der Waals surface area contributed by atoms with E-state index in [1.807, 2.05) is 6.92 Å². The molecule has 2 amide bonds. The topological polar surface area (TPSA) is 71.0 Å². The van der Waals surface area contributed by atoms with Crippen LogP contribution >= 0.6 is 23.4 Å². The molecule has 0 radical (unpaired) electrons. The van der Waals surface area contributed by atoms with Gasteiger partial charge in [-0.25, -0.2) is 4.99 Å². The summed E-state index contributed by atoms with van der Waals surface area (Å²) < 4.78 is 5.38. The van der Waals surface area contributed by atoms with Crippen molar-refractivity contribution in [1.82, 2.24) is 4.90 Å². The molecule has 0 bridgehead atoms. The third kappa shape index (κ3) is 5.05. The average Bonchev–Trinajstić information content (AvgIpc) is 2.93. The maximum atomic E-state index is 12.5. The molecular weight excluding hydrogens is 398 g/mol. The summed E-state index contributed by atoms with van der Waals surface area (Å²) in [5.41, 5.74) is 1.36. The molecule has 0 aromatic heterocycles. The monoisotopic (exact) mass is 417 g/mol. The second-order valence-corrected chi connectivity index (χ2v) is 7.69. The van der Waals surface area contributed by atoms with E-state index in [1.165, 1.54) is 16.7 Å². The van der Waals surface area contributed by atoms with Gasteiger partial charge >= 0.3 is 0 Å². The van der Waals surface area contributed by atoms with Gasteiger partial charge in [-0.05, 0) is 55.5 Å². The van der Waals surface area contributed by atoms with Crippen LogP contribution < -0.4 is 10.1 Å². The van der Waals surface area contributed by atoms with E-state index in [4.69, 9.17) is 16.3 Å². The Morgan fingerprint density at radius 1 is 1.21 bits per heavy atom. The standard InChI is InChI=1S/C20H20ClN3O3S/c1-3-27-16-10-8-14(9-11-16)22-18(25)12-17-19(26)24(2)20(28-17)23-15-6-4-13(21)5-7-15/h4-11,17H,3,12H2,1-2H3,(H,22,25)/t17-/m1/s1. The minimum Gasteiger partial charge on any atom is -0.494 e. The van der Waals surface area contributed by atoms with Crippen LogP contribution in [0.15, 0.2) is 53.5 Å². The summed E-state index contributed by atoms with van der Waals surface area (Å²) in [5.74, 6) is 0.377. The number of nitrogens with zero attached hydrogens (tertiary/aromatic N) is 2. The van der Waals surface area contributed by atoms with Crippen molar-refractivity contribution in [1.29, 1.82) is 0 Å². The van der Waals surface area contributed by atoms with Crippen molar-refractivity contribution in [2.75, 3.05) is 19.0 Å². The third-order valence-electron chi connectivity index (χ3n) is 4.01. The van der Waals surface area contributed by atoms with E-state index in [-0.39, 0.29) is 18.2 Å². The van der Waals surface area contributed by atoms with Gasteiger partial charge in [-0.15, -0.1) is 0 Å². The number of ether oxygens (including phenoxy) is 1. The number of amides is 2. The largest absolute Gasteiger partial charge is 0.494 e. The van der Waals surface area contributed by atoms with E-state index in [0.29, 0.717) is 28.2 Å². The summed E-state index contributed by atoms with van der Waals surface area (Å²) in [7, 11) is 1.66. The zero-order valence-corrected chi connectivity index (χ0v) is 17.1. The molecule has 2 aromatic rings. The van der Waals surface area contributed by atoms with Crippen molar-refractivity contribution in [3.8, 4) is 5.75 Å². The van der Waals surface area contributed by atoms with Crippen molar-refractivity contribution >= 4 is 51.7 Å². The minimum absolute atomic E-state index is 0.0701. The Labute approximate surface area is 172 Å².